The zero-order valence-electron chi connectivity index (χ0n) is 15.4. The van der Waals surface area contributed by atoms with Crippen LogP contribution < -0.4 is 5.32 Å². The number of benzene rings is 2. The third-order valence-electron chi connectivity index (χ3n) is 4.91. The Balaban J connectivity index is 1.42. The monoisotopic (exact) mass is 375 g/mol. The molecule has 1 unspecified atom stereocenters. The molecule has 0 spiro atoms. The van der Waals surface area contributed by atoms with E-state index < -0.39 is 0 Å². The molecule has 28 heavy (non-hydrogen) atoms. The minimum absolute atomic E-state index is 0.0613. The van der Waals surface area contributed by atoms with Crippen LogP contribution in [0.5, 0.6) is 0 Å². The fourth-order valence-corrected chi connectivity index (χ4v) is 3.42. The second-order valence-electron chi connectivity index (χ2n) is 6.89. The largest absolute Gasteiger partial charge is 0.355 e. The zero-order valence-corrected chi connectivity index (χ0v) is 15.4. The quantitative estimate of drug-likeness (QED) is 0.752. The van der Waals surface area contributed by atoms with E-state index in [1.165, 1.54) is 0 Å². The topological polar surface area (TPSA) is 75.4 Å². The van der Waals surface area contributed by atoms with Gasteiger partial charge in [-0.05, 0) is 25.0 Å². The highest BCUT2D eigenvalue weighted by atomic mass is 16.5. The van der Waals surface area contributed by atoms with Gasteiger partial charge in [-0.2, -0.15) is 0 Å². The van der Waals surface area contributed by atoms with Crippen molar-refractivity contribution in [3.05, 3.63) is 72.4 Å². The van der Waals surface area contributed by atoms with Gasteiger partial charge >= 0.3 is 0 Å². The summed E-state index contributed by atoms with van der Waals surface area (Å²) in [7, 11) is 0. The number of rotatable bonds is 4. The van der Waals surface area contributed by atoms with Gasteiger partial charge in [0.2, 0.25) is 5.91 Å². The molecule has 142 valence electrons. The van der Waals surface area contributed by atoms with Crippen LogP contribution in [0.2, 0.25) is 0 Å². The van der Waals surface area contributed by atoms with E-state index in [-0.39, 0.29) is 23.4 Å². The van der Waals surface area contributed by atoms with Gasteiger partial charge in [-0.3, -0.25) is 9.59 Å². The van der Waals surface area contributed by atoms with Crippen molar-refractivity contribution in [2.75, 3.05) is 18.4 Å². The lowest BCUT2D eigenvalue weighted by molar-refractivity contribution is -0.121. The molecule has 1 aliphatic rings. The second-order valence-corrected chi connectivity index (χ2v) is 6.89. The number of hydrogen-bond donors (Lipinski definition) is 1. The molecule has 1 aromatic heterocycles. The van der Waals surface area contributed by atoms with Crippen LogP contribution in [0.15, 0.2) is 71.3 Å². The Labute approximate surface area is 163 Å². The van der Waals surface area contributed by atoms with E-state index in [2.05, 4.69) is 10.5 Å². The fraction of sp³-hybridized carbons (Fsp3) is 0.227. The number of piperidine rings is 1. The van der Waals surface area contributed by atoms with Crippen LogP contribution in [0.3, 0.4) is 0 Å². The second kappa shape index (κ2) is 8.08. The number of carbonyl (C=O) groups excluding carboxylic acids is 2. The maximum Gasteiger partial charge on any atom is 0.276 e. The first-order valence-electron chi connectivity index (χ1n) is 9.38. The minimum Gasteiger partial charge on any atom is -0.355 e. The summed E-state index contributed by atoms with van der Waals surface area (Å²) in [6.07, 6.45) is 1.54. The van der Waals surface area contributed by atoms with Gasteiger partial charge < -0.3 is 14.7 Å². The smallest absolute Gasteiger partial charge is 0.276 e. The van der Waals surface area contributed by atoms with Crippen LogP contribution in [0.25, 0.3) is 11.3 Å². The average molecular weight is 375 g/mol. The zero-order chi connectivity index (χ0) is 19.3. The van der Waals surface area contributed by atoms with Gasteiger partial charge in [0.25, 0.3) is 5.91 Å². The Morgan fingerprint density at radius 2 is 1.75 bits per heavy atom. The minimum atomic E-state index is -0.238. The van der Waals surface area contributed by atoms with Crippen LogP contribution in [0.1, 0.15) is 23.3 Å². The molecule has 0 aliphatic carbocycles. The molecule has 0 saturated carbocycles. The van der Waals surface area contributed by atoms with Crippen molar-refractivity contribution in [1.82, 2.24) is 10.1 Å². The lowest BCUT2D eigenvalue weighted by Crippen LogP contribution is -2.43. The average Bonchev–Trinajstić information content (AvgIpc) is 3.25. The van der Waals surface area contributed by atoms with Crippen LogP contribution in [0, 0.1) is 5.92 Å². The SMILES string of the molecule is O=C(Nc1ccccc1)C1CCCN(C(=O)c2cc(-c3ccccc3)on2)C1. The van der Waals surface area contributed by atoms with Gasteiger partial charge in [0.15, 0.2) is 11.5 Å². The molecule has 4 rings (SSSR count). The molecule has 6 heteroatoms. The Kier molecular flexibility index (Phi) is 5.19. The number of nitrogens with one attached hydrogen (secondary N) is 1. The predicted molar refractivity (Wildman–Crippen MR) is 106 cm³/mol. The molecule has 0 bridgehead atoms. The molecule has 0 radical (unpaired) electrons. The number of nitrogens with zero attached hydrogens (tertiary/aromatic N) is 2. The normalized spacial score (nSPS) is 16.6. The maximum absolute atomic E-state index is 12.8. The maximum atomic E-state index is 12.8. The molecule has 6 nitrogen and oxygen atoms in total. The van der Waals surface area contributed by atoms with Crippen molar-refractivity contribution in [1.29, 1.82) is 0 Å². The molecular weight excluding hydrogens is 354 g/mol. The number of para-hydroxylation sites is 1. The number of aromatic nitrogens is 1. The molecule has 2 heterocycles. The first kappa shape index (κ1) is 18.0. The number of carbonyl (C=O) groups is 2. The van der Waals surface area contributed by atoms with Crippen molar-refractivity contribution in [3.8, 4) is 11.3 Å². The van der Waals surface area contributed by atoms with Crippen molar-refractivity contribution in [2.24, 2.45) is 5.92 Å². The molecule has 1 fully saturated rings. The summed E-state index contributed by atoms with van der Waals surface area (Å²) >= 11 is 0. The number of amides is 2. The van der Waals surface area contributed by atoms with Crippen molar-refractivity contribution in [2.45, 2.75) is 12.8 Å². The van der Waals surface area contributed by atoms with Crippen LogP contribution in [-0.4, -0.2) is 35.0 Å². The van der Waals surface area contributed by atoms with Gasteiger partial charge in [0, 0.05) is 30.4 Å². The Morgan fingerprint density at radius 3 is 2.50 bits per heavy atom. The molecule has 1 saturated heterocycles. The van der Waals surface area contributed by atoms with Crippen molar-refractivity contribution >= 4 is 17.5 Å². The summed E-state index contributed by atoms with van der Waals surface area (Å²) in [6, 6.07) is 20.5. The predicted octanol–water partition coefficient (Wildman–Crippen LogP) is 3.83. The van der Waals surface area contributed by atoms with Gasteiger partial charge in [-0.25, -0.2) is 0 Å². The first-order valence-corrected chi connectivity index (χ1v) is 9.38. The highest BCUT2D eigenvalue weighted by molar-refractivity contribution is 5.95. The molecule has 2 amide bonds. The highest BCUT2D eigenvalue weighted by Crippen LogP contribution is 2.23. The molecule has 3 aromatic rings. The Hall–Kier alpha value is -3.41. The Morgan fingerprint density at radius 1 is 1.04 bits per heavy atom. The molecule has 2 aromatic carbocycles. The van der Waals surface area contributed by atoms with E-state index in [9.17, 15) is 9.59 Å². The molecule has 1 atom stereocenters. The van der Waals surface area contributed by atoms with E-state index in [1.807, 2.05) is 60.7 Å². The summed E-state index contributed by atoms with van der Waals surface area (Å²) in [4.78, 5) is 27.1. The van der Waals surface area contributed by atoms with Gasteiger partial charge in [0.1, 0.15) is 0 Å². The summed E-state index contributed by atoms with van der Waals surface area (Å²) in [5.74, 6) is 0.0506. The fourth-order valence-electron chi connectivity index (χ4n) is 3.42. The molecule has 1 N–H and O–H groups in total. The third-order valence-corrected chi connectivity index (χ3v) is 4.91. The van der Waals surface area contributed by atoms with Crippen LogP contribution in [-0.2, 0) is 4.79 Å². The van der Waals surface area contributed by atoms with Crippen molar-refractivity contribution < 1.29 is 14.1 Å². The number of likely N-dealkylation sites (tertiary alicyclic amines) is 1. The summed E-state index contributed by atoms with van der Waals surface area (Å²) in [5.41, 5.74) is 1.90. The molecule has 1 aliphatic heterocycles. The standard InChI is InChI=1S/C22H21N3O3/c26-21(23-18-11-5-2-6-12-18)17-10-7-13-25(15-17)22(27)19-14-20(28-24-19)16-8-3-1-4-9-16/h1-6,8-9,11-12,14,17H,7,10,13,15H2,(H,23,26). The molecular formula is C22H21N3O3. The lowest BCUT2D eigenvalue weighted by Gasteiger charge is -2.31. The first-order chi connectivity index (χ1) is 13.7. The van der Waals surface area contributed by atoms with Gasteiger partial charge in [-0.1, -0.05) is 53.7 Å². The van der Waals surface area contributed by atoms with E-state index in [4.69, 9.17) is 4.52 Å². The van der Waals surface area contributed by atoms with Gasteiger partial charge in [-0.15, -0.1) is 0 Å². The number of hydrogen-bond acceptors (Lipinski definition) is 4. The lowest BCUT2D eigenvalue weighted by atomic mass is 9.96. The summed E-state index contributed by atoms with van der Waals surface area (Å²) < 4.78 is 5.34. The van der Waals surface area contributed by atoms with Gasteiger partial charge in [0.05, 0.1) is 5.92 Å². The highest BCUT2D eigenvalue weighted by Gasteiger charge is 2.30. The summed E-state index contributed by atoms with van der Waals surface area (Å²) in [5, 5.41) is 6.86. The Bertz CT molecular complexity index is 953. The van der Waals surface area contributed by atoms with E-state index in [1.54, 1.807) is 11.0 Å². The number of anilines is 1. The third kappa shape index (κ3) is 3.96. The van der Waals surface area contributed by atoms with E-state index >= 15 is 0 Å². The van der Waals surface area contributed by atoms with E-state index in [0.29, 0.717) is 18.8 Å². The van der Waals surface area contributed by atoms with Crippen LogP contribution in [0.4, 0.5) is 5.69 Å². The van der Waals surface area contributed by atoms with E-state index in [0.717, 1.165) is 24.1 Å². The van der Waals surface area contributed by atoms with Crippen molar-refractivity contribution in [3.63, 3.8) is 0 Å². The summed E-state index contributed by atoms with van der Waals surface area (Å²) in [6.45, 7) is 0.993. The van der Waals surface area contributed by atoms with Crippen LogP contribution >= 0.6 is 0 Å².